The first-order chi connectivity index (χ1) is 10.3. The fraction of sp³-hybridized carbons (Fsp3) is 0.385. The van der Waals surface area contributed by atoms with Crippen molar-refractivity contribution >= 4 is 21.9 Å². The van der Waals surface area contributed by atoms with Gasteiger partial charge in [0.05, 0.1) is 17.1 Å². The summed E-state index contributed by atoms with van der Waals surface area (Å²) in [5.41, 5.74) is 0.413. The van der Waals surface area contributed by atoms with E-state index in [1.54, 1.807) is 6.92 Å². The highest BCUT2D eigenvalue weighted by Gasteiger charge is 2.16. The molecule has 3 N–H and O–H groups in total. The molecule has 0 heterocycles. The summed E-state index contributed by atoms with van der Waals surface area (Å²) in [6.07, 6.45) is 0. The first kappa shape index (κ1) is 18.1. The zero-order valence-corrected chi connectivity index (χ0v) is 13.1. The standard InChI is InChI=1S/C13H18N2O6S/c1-9-3-4-10(7-11(9)22(14,18)19)13(17)21-8-12(16)15-5-6-20-2/h3-4,7H,5-6,8H2,1-2H3,(H,15,16)(H2,14,18,19). The van der Waals surface area contributed by atoms with Crippen LogP contribution in [0.15, 0.2) is 23.1 Å². The maximum Gasteiger partial charge on any atom is 0.338 e. The molecule has 0 saturated carbocycles. The third kappa shape index (κ3) is 5.43. The van der Waals surface area contributed by atoms with Crippen molar-refractivity contribution in [2.24, 2.45) is 5.14 Å². The fourth-order valence-corrected chi connectivity index (χ4v) is 2.40. The average Bonchev–Trinajstić information content (AvgIpc) is 2.44. The van der Waals surface area contributed by atoms with Crippen LogP contribution in [0, 0.1) is 6.92 Å². The molecule has 1 aromatic rings. The van der Waals surface area contributed by atoms with Gasteiger partial charge in [0.15, 0.2) is 6.61 Å². The van der Waals surface area contributed by atoms with Crippen LogP contribution in [0.2, 0.25) is 0 Å². The number of sulfonamides is 1. The summed E-state index contributed by atoms with van der Waals surface area (Å²) < 4.78 is 32.3. The van der Waals surface area contributed by atoms with Crippen LogP contribution in [0.4, 0.5) is 0 Å². The Morgan fingerprint density at radius 1 is 1.32 bits per heavy atom. The summed E-state index contributed by atoms with van der Waals surface area (Å²) in [7, 11) is -2.44. The minimum Gasteiger partial charge on any atom is -0.452 e. The van der Waals surface area contributed by atoms with Gasteiger partial charge in [-0.25, -0.2) is 18.4 Å². The molecule has 9 heteroatoms. The van der Waals surface area contributed by atoms with Gasteiger partial charge >= 0.3 is 5.97 Å². The van der Waals surface area contributed by atoms with Crippen LogP contribution < -0.4 is 10.5 Å². The third-order valence-electron chi connectivity index (χ3n) is 2.69. The molecule has 0 saturated heterocycles. The summed E-state index contributed by atoms with van der Waals surface area (Å²) in [6, 6.07) is 3.96. The Labute approximate surface area is 128 Å². The molecule has 0 radical (unpaired) electrons. The van der Waals surface area contributed by atoms with E-state index in [1.165, 1.54) is 19.2 Å². The van der Waals surface area contributed by atoms with Crippen LogP contribution in [0.1, 0.15) is 15.9 Å². The summed E-state index contributed by atoms with van der Waals surface area (Å²) in [5, 5.41) is 7.54. The minimum atomic E-state index is -3.94. The number of carbonyl (C=O) groups is 2. The van der Waals surface area contributed by atoms with Gasteiger partial charge in [0, 0.05) is 13.7 Å². The topological polar surface area (TPSA) is 125 Å². The lowest BCUT2D eigenvalue weighted by molar-refractivity contribution is -0.124. The highest BCUT2D eigenvalue weighted by Crippen LogP contribution is 2.16. The number of nitrogens with two attached hydrogens (primary N) is 1. The van der Waals surface area contributed by atoms with Crippen molar-refractivity contribution in [3.63, 3.8) is 0 Å². The first-order valence-corrected chi connectivity index (χ1v) is 7.86. The Hall–Kier alpha value is -1.97. The van der Waals surface area contributed by atoms with Crippen LogP contribution in [0.5, 0.6) is 0 Å². The van der Waals surface area contributed by atoms with Gasteiger partial charge in [0.25, 0.3) is 5.91 Å². The smallest absolute Gasteiger partial charge is 0.338 e. The first-order valence-electron chi connectivity index (χ1n) is 6.32. The second-order valence-electron chi connectivity index (χ2n) is 4.44. The summed E-state index contributed by atoms with van der Waals surface area (Å²) in [4.78, 5) is 23.0. The molecule has 22 heavy (non-hydrogen) atoms. The number of hydrogen-bond acceptors (Lipinski definition) is 6. The molecule has 122 valence electrons. The van der Waals surface area contributed by atoms with E-state index < -0.39 is 28.5 Å². The fourth-order valence-electron chi connectivity index (χ4n) is 1.59. The van der Waals surface area contributed by atoms with Crippen molar-refractivity contribution in [2.75, 3.05) is 26.9 Å². The molecule has 0 aromatic heterocycles. The molecule has 0 aliphatic carbocycles. The van der Waals surface area contributed by atoms with Crippen molar-refractivity contribution in [3.8, 4) is 0 Å². The van der Waals surface area contributed by atoms with Gasteiger partial charge in [-0.1, -0.05) is 6.07 Å². The highest BCUT2D eigenvalue weighted by atomic mass is 32.2. The number of nitrogens with one attached hydrogen (secondary N) is 1. The number of hydrogen-bond donors (Lipinski definition) is 2. The molecule has 0 bridgehead atoms. The normalized spacial score (nSPS) is 11.0. The Bertz CT molecular complexity index is 656. The Morgan fingerprint density at radius 3 is 2.59 bits per heavy atom. The lowest BCUT2D eigenvalue weighted by atomic mass is 10.1. The second-order valence-corrected chi connectivity index (χ2v) is 5.97. The monoisotopic (exact) mass is 330 g/mol. The van der Waals surface area contributed by atoms with Gasteiger partial charge in [-0.3, -0.25) is 4.79 Å². The minimum absolute atomic E-state index is 0.000633. The summed E-state index contributed by atoms with van der Waals surface area (Å²) in [6.45, 7) is 1.72. The van der Waals surface area contributed by atoms with Gasteiger partial charge < -0.3 is 14.8 Å². The van der Waals surface area contributed by atoms with Gasteiger partial charge in [0.1, 0.15) is 0 Å². The van der Waals surface area contributed by atoms with Gasteiger partial charge in [0.2, 0.25) is 10.0 Å². The number of benzene rings is 1. The van der Waals surface area contributed by atoms with Gasteiger partial charge in [-0.2, -0.15) is 0 Å². The van der Waals surface area contributed by atoms with Crippen LogP contribution in [-0.4, -0.2) is 47.2 Å². The van der Waals surface area contributed by atoms with Crippen LogP contribution in [0.3, 0.4) is 0 Å². The number of ether oxygens (including phenoxy) is 2. The lowest BCUT2D eigenvalue weighted by Crippen LogP contribution is -2.31. The van der Waals surface area contributed by atoms with Crippen LogP contribution in [-0.2, 0) is 24.3 Å². The second kappa shape index (κ2) is 7.87. The van der Waals surface area contributed by atoms with E-state index in [4.69, 9.17) is 14.6 Å². The molecule has 1 aromatic carbocycles. The zero-order chi connectivity index (χ0) is 16.8. The van der Waals surface area contributed by atoms with E-state index in [0.717, 1.165) is 6.07 Å². The van der Waals surface area contributed by atoms with Crippen molar-refractivity contribution in [3.05, 3.63) is 29.3 Å². The predicted octanol–water partition coefficient (Wildman–Crippen LogP) is -0.438. The molecule has 0 aliphatic rings. The SMILES string of the molecule is COCCNC(=O)COC(=O)c1ccc(C)c(S(N)(=O)=O)c1. The lowest BCUT2D eigenvalue weighted by Gasteiger charge is -2.08. The maximum absolute atomic E-state index is 11.8. The molecule has 0 fully saturated rings. The van der Waals surface area contributed by atoms with E-state index in [-0.39, 0.29) is 10.5 Å². The van der Waals surface area contributed by atoms with Crippen molar-refractivity contribution in [1.29, 1.82) is 0 Å². The number of rotatable bonds is 7. The maximum atomic E-state index is 11.8. The number of aryl methyl sites for hydroxylation is 1. The number of primary sulfonamides is 1. The predicted molar refractivity (Wildman–Crippen MR) is 77.7 cm³/mol. The molecule has 0 atom stereocenters. The third-order valence-corrected chi connectivity index (χ3v) is 3.75. The number of carbonyl (C=O) groups excluding carboxylic acids is 2. The van der Waals surface area contributed by atoms with Gasteiger partial charge in [-0.15, -0.1) is 0 Å². The molecule has 0 unspecified atom stereocenters. The van der Waals surface area contributed by atoms with E-state index in [9.17, 15) is 18.0 Å². The Balaban J connectivity index is 2.69. The van der Waals surface area contributed by atoms with Gasteiger partial charge in [-0.05, 0) is 24.6 Å². The molecular formula is C13H18N2O6S. The zero-order valence-electron chi connectivity index (χ0n) is 12.3. The van der Waals surface area contributed by atoms with Crippen molar-refractivity contribution < 1.29 is 27.5 Å². The van der Waals surface area contributed by atoms with Crippen LogP contribution >= 0.6 is 0 Å². The van der Waals surface area contributed by atoms with Crippen molar-refractivity contribution in [2.45, 2.75) is 11.8 Å². The Kier molecular flexibility index (Phi) is 6.47. The Morgan fingerprint density at radius 2 is 2.00 bits per heavy atom. The summed E-state index contributed by atoms with van der Waals surface area (Å²) >= 11 is 0. The average molecular weight is 330 g/mol. The molecule has 1 amide bonds. The number of amides is 1. The largest absolute Gasteiger partial charge is 0.452 e. The molecule has 1 rings (SSSR count). The number of esters is 1. The van der Waals surface area contributed by atoms with Crippen LogP contribution in [0.25, 0.3) is 0 Å². The van der Waals surface area contributed by atoms with E-state index in [1.807, 2.05) is 0 Å². The molecule has 8 nitrogen and oxygen atoms in total. The highest BCUT2D eigenvalue weighted by molar-refractivity contribution is 7.89. The van der Waals surface area contributed by atoms with E-state index in [0.29, 0.717) is 18.7 Å². The number of methoxy groups -OCH3 is 1. The quantitative estimate of drug-likeness (QED) is 0.516. The molecule has 0 aliphatic heterocycles. The summed E-state index contributed by atoms with van der Waals surface area (Å²) in [5.74, 6) is -1.30. The van der Waals surface area contributed by atoms with E-state index in [2.05, 4.69) is 5.32 Å². The van der Waals surface area contributed by atoms with Crippen molar-refractivity contribution in [1.82, 2.24) is 5.32 Å². The molecular weight excluding hydrogens is 312 g/mol. The molecule has 0 spiro atoms. The van der Waals surface area contributed by atoms with E-state index >= 15 is 0 Å².